The van der Waals surface area contributed by atoms with E-state index in [-0.39, 0.29) is 11.9 Å². The van der Waals surface area contributed by atoms with Gasteiger partial charge in [-0.25, -0.2) is 9.78 Å². The number of aromatic amines is 1. The minimum Gasteiger partial charge on any atom is -0.475 e. The van der Waals surface area contributed by atoms with Crippen molar-refractivity contribution in [2.75, 3.05) is 13.7 Å². The molecule has 1 amide bonds. The standard InChI is InChI=1S/C14H18N4O3.C2HF3O2/c1-20-7-12-11(18-8-21-12)6-17-10-3-5-16-14(19)13-9(10)2-4-15-13;3-2(4,5)1(6)7/h2,4,8,10,15,17H,3,5-7H2,1H3,(H,16,19);(H,6,7). The number of H-pyrrole nitrogens is 1. The fourth-order valence-corrected chi connectivity index (χ4v) is 2.56. The zero-order chi connectivity index (χ0) is 20.7. The molecule has 1 aliphatic rings. The van der Waals surface area contributed by atoms with Gasteiger partial charge in [0.05, 0.1) is 5.69 Å². The minimum absolute atomic E-state index is 0.0548. The first kappa shape index (κ1) is 21.4. The first-order chi connectivity index (χ1) is 13.2. The fourth-order valence-electron chi connectivity index (χ4n) is 2.56. The first-order valence-electron chi connectivity index (χ1n) is 8.13. The molecule has 3 heterocycles. The number of aliphatic carboxylic acids is 1. The van der Waals surface area contributed by atoms with Gasteiger partial charge < -0.3 is 29.9 Å². The number of fused-ring (bicyclic) bond motifs is 1. The smallest absolute Gasteiger partial charge is 0.475 e. The molecule has 3 rings (SSSR count). The molecule has 2 aromatic rings. The number of rotatable bonds is 5. The van der Waals surface area contributed by atoms with Crippen molar-refractivity contribution in [2.24, 2.45) is 0 Å². The summed E-state index contributed by atoms with van der Waals surface area (Å²) in [5.41, 5.74) is 2.45. The molecule has 0 spiro atoms. The number of nitrogens with one attached hydrogen (secondary N) is 3. The van der Waals surface area contributed by atoms with Crippen LogP contribution in [-0.4, -0.2) is 46.8 Å². The molecule has 1 unspecified atom stereocenters. The van der Waals surface area contributed by atoms with Gasteiger partial charge in [0.1, 0.15) is 12.3 Å². The van der Waals surface area contributed by atoms with Crippen molar-refractivity contribution in [3.8, 4) is 0 Å². The third kappa shape index (κ3) is 5.57. The molecule has 0 saturated heterocycles. The Hall–Kier alpha value is -2.86. The summed E-state index contributed by atoms with van der Waals surface area (Å²) in [6.45, 7) is 1.61. The van der Waals surface area contributed by atoms with Crippen LogP contribution in [0.4, 0.5) is 13.2 Å². The lowest BCUT2D eigenvalue weighted by molar-refractivity contribution is -0.192. The van der Waals surface area contributed by atoms with Crippen molar-refractivity contribution in [2.45, 2.75) is 31.8 Å². The second-order valence-electron chi connectivity index (χ2n) is 5.74. The van der Waals surface area contributed by atoms with Crippen molar-refractivity contribution >= 4 is 11.9 Å². The van der Waals surface area contributed by atoms with Crippen LogP contribution in [0.1, 0.15) is 40.0 Å². The third-order valence-corrected chi connectivity index (χ3v) is 3.86. The Morgan fingerprint density at radius 2 is 2.21 bits per heavy atom. The molecule has 1 aliphatic heterocycles. The van der Waals surface area contributed by atoms with E-state index < -0.39 is 12.1 Å². The van der Waals surface area contributed by atoms with Gasteiger partial charge >= 0.3 is 12.1 Å². The number of hydrogen-bond donors (Lipinski definition) is 4. The minimum atomic E-state index is -5.08. The van der Waals surface area contributed by atoms with Gasteiger partial charge in [0, 0.05) is 32.4 Å². The second kappa shape index (κ2) is 9.37. The predicted octanol–water partition coefficient (Wildman–Crippen LogP) is 1.75. The van der Waals surface area contributed by atoms with Crippen molar-refractivity contribution in [1.29, 1.82) is 0 Å². The van der Waals surface area contributed by atoms with E-state index in [1.54, 1.807) is 13.3 Å². The summed E-state index contributed by atoms with van der Waals surface area (Å²) in [7, 11) is 1.62. The van der Waals surface area contributed by atoms with E-state index in [0.717, 1.165) is 23.4 Å². The van der Waals surface area contributed by atoms with Gasteiger partial charge in [-0.1, -0.05) is 0 Å². The highest BCUT2D eigenvalue weighted by atomic mass is 19.4. The van der Waals surface area contributed by atoms with Crippen LogP contribution in [0.25, 0.3) is 0 Å². The molecule has 0 saturated carbocycles. The molecule has 0 bridgehead atoms. The van der Waals surface area contributed by atoms with Crippen LogP contribution in [0.5, 0.6) is 0 Å². The van der Waals surface area contributed by atoms with E-state index in [0.29, 0.717) is 25.4 Å². The lowest BCUT2D eigenvalue weighted by Crippen LogP contribution is -2.24. The number of nitrogens with zero attached hydrogens (tertiary/aromatic N) is 1. The number of amides is 1. The average molecular weight is 404 g/mol. The van der Waals surface area contributed by atoms with E-state index in [9.17, 15) is 18.0 Å². The quantitative estimate of drug-likeness (QED) is 0.597. The van der Waals surface area contributed by atoms with Gasteiger partial charge in [-0.15, -0.1) is 0 Å². The molecule has 28 heavy (non-hydrogen) atoms. The average Bonchev–Trinajstić information content (AvgIpc) is 3.24. The number of carbonyl (C=O) groups excluding carboxylic acids is 1. The molecule has 4 N–H and O–H groups in total. The van der Waals surface area contributed by atoms with Crippen molar-refractivity contribution in [1.82, 2.24) is 20.6 Å². The molecule has 9 nitrogen and oxygen atoms in total. The summed E-state index contributed by atoms with van der Waals surface area (Å²) in [6, 6.07) is 2.04. The molecule has 12 heteroatoms. The van der Waals surface area contributed by atoms with E-state index in [1.807, 2.05) is 6.07 Å². The highest BCUT2D eigenvalue weighted by Gasteiger charge is 2.38. The SMILES string of the molecule is COCc1ocnc1CNC1CCNC(=O)c2[nH]ccc21.O=C(O)C(F)(F)F. The highest BCUT2D eigenvalue weighted by molar-refractivity contribution is 5.94. The maximum atomic E-state index is 11.9. The number of oxazole rings is 1. The fraction of sp³-hybridized carbons (Fsp3) is 0.438. The molecular formula is C16H19F3N4O5. The number of hydrogen-bond acceptors (Lipinski definition) is 6. The van der Waals surface area contributed by atoms with Crippen molar-refractivity contribution in [3.05, 3.63) is 41.4 Å². The Balaban J connectivity index is 0.000000345. The Bertz CT molecular complexity index is 802. The van der Waals surface area contributed by atoms with Crippen LogP contribution in [0, 0.1) is 0 Å². The predicted molar refractivity (Wildman–Crippen MR) is 88.2 cm³/mol. The molecular weight excluding hydrogens is 385 g/mol. The summed E-state index contributed by atoms with van der Waals surface area (Å²) in [5, 5.41) is 13.4. The zero-order valence-electron chi connectivity index (χ0n) is 14.8. The highest BCUT2D eigenvalue weighted by Crippen LogP contribution is 2.23. The summed E-state index contributed by atoms with van der Waals surface area (Å²) in [4.78, 5) is 28.0. The maximum absolute atomic E-state index is 11.9. The zero-order valence-corrected chi connectivity index (χ0v) is 14.8. The molecule has 0 aliphatic carbocycles. The monoisotopic (exact) mass is 404 g/mol. The van der Waals surface area contributed by atoms with Gasteiger partial charge in [-0.2, -0.15) is 13.2 Å². The maximum Gasteiger partial charge on any atom is 0.490 e. The summed E-state index contributed by atoms with van der Waals surface area (Å²) >= 11 is 0. The van der Waals surface area contributed by atoms with E-state index in [4.69, 9.17) is 19.1 Å². The number of methoxy groups -OCH3 is 1. The number of carboxylic acids is 1. The van der Waals surface area contributed by atoms with Crippen LogP contribution < -0.4 is 10.6 Å². The van der Waals surface area contributed by atoms with Crippen LogP contribution in [0.3, 0.4) is 0 Å². The van der Waals surface area contributed by atoms with Gasteiger partial charge in [-0.05, 0) is 18.1 Å². The van der Waals surface area contributed by atoms with Gasteiger partial charge in [-0.3, -0.25) is 4.79 Å². The Kier molecular flexibility index (Phi) is 7.18. The Morgan fingerprint density at radius 3 is 2.86 bits per heavy atom. The van der Waals surface area contributed by atoms with E-state index in [1.165, 1.54) is 6.39 Å². The number of alkyl halides is 3. The third-order valence-electron chi connectivity index (χ3n) is 3.86. The Labute approximate surface area is 157 Å². The summed E-state index contributed by atoms with van der Waals surface area (Å²) < 4.78 is 42.1. The van der Waals surface area contributed by atoms with Gasteiger partial charge in [0.2, 0.25) is 0 Å². The molecule has 2 aromatic heterocycles. The lowest BCUT2D eigenvalue weighted by atomic mass is 10.1. The topological polar surface area (TPSA) is 129 Å². The molecule has 154 valence electrons. The largest absolute Gasteiger partial charge is 0.490 e. The number of carboxylic acid groups (broad SMARTS) is 1. The molecule has 0 fully saturated rings. The molecule has 0 aromatic carbocycles. The second-order valence-corrected chi connectivity index (χ2v) is 5.74. The van der Waals surface area contributed by atoms with E-state index in [2.05, 4.69) is 20.6 Å². The summed E-state index contributed by atoms with van der Waals surface area (Å²) in [5.74, 6) is -2.09. The van der Waals surface area contributed by atoms with Crippen molar-refractivity contribution in [3.63, 3.8) is 0 Å². The van der Waals surface area contributed by atoms with Gasteiger partial charge in [0.15, 0.2) is 12.2 Å². The number of ether oxygens (including phenoxy) is 1. The van der Waals surface area contributed by atoms with Gasteiger partial charge in [0.25, 0.3) is 5.91 Å². The van der Waals surface area contributed by atoms with Crippen molar-refractivity contribution < 1.29 is 37.0 Å². The van der Waals surface area contributed by atoms with E-state index >= 15 is 0 Å². The van der Waals surface area contributed by atoms with Crippen LogP contribution in [0.2, 0.25) is 0 Å². The number of carbonyl (C=O) groups is 2. The number of aromatic nitrogens is 2. The number of halogens is 3. The summed E-state index contributed by atoms with van der Waals surface area (Å²) in [6.07, 6.45) is -1.05. The van der Waals surface area contributed by atoms with Crippen LogP contribution >= 0.6 is 0 Å². The van der Waals surface area contributed by atoms with Crippen LogP contribution in [-0.2, 0) is 22.7 Å². The first-order valence-corrected chi connectivity index (χ1v) is 8.13. The molecule has 1 atom stereocenters. The van der Waals surface area contributed by atoms with Crippen LogP contribution in [0.15, 0.2) is 23.1 Å². The lowest BCUT2D eigenvalue weighted by Gasteiger charge is -2.16. The normalized spacial score (nSPS) is 16.4. The Morgan fingerprint density at radius 1 is 1.50 bits per heavy atom. The molecule has 0 radical (unpaired) electrons.